The number of unbranched alkanes of at least 4 members (excludes halogenated alkanes) is 9. The molecule has 5 N–H and O–H groups in total. The molecule has 0 rings (SSSR count). The van der Waals surface area contributed by atoms with Crippen molar-refractivity contribution in [1.82, 2.24) is 0 Å². The van der Waals surface area contributed by atoms with E-state index < -0.39 is 44.1 Å². The molecule has 14 heteroatoms. The van der Waals surface area contributed by atoms with Gasteiger partial charge in [0.05, 0.1) is 6.42 Å². The summed E-state index contributed by atoms with van der Waals surface area (Å²) < 4.78 is 61.8. The summed E-state index contributed by atoms with van der Waals surface area (Å²) >= 11 is 1.41. The Bertz CT molecular complexity index is 630. The van der Waals surface area contributed by atoms with E-state index in [1.54, 1.807) is 0 Å². The summed E-state index contributed by atoms with van der Waals surface area (Å²) in [6, 6.07) is 0. The van der Waals surface area contributed by atoms with Crippen LogP contribution in [0.4, 0.5) is 0 Å². The van der Waals surface area contributed by atoms with Crippen molar-refractivity contribution in [3.05, 3.63) is 0 Å². The van der Waals surface area contributed by atoms with Crippen molar-refractivity contribution in [3.63, 3.8) is 0 Å². The van der Waals surface area contributed by atoms with Gasteiger partial charge in [-0.05, 0) is 0 Å². The third-order valence-corrected chi connectivity index (χ3v) is 5.50. The van der Waals surface area contributed by atoms with E-state index in [9.17, 15) is 18.0 Å². The minimum absolute atomic E-state index is 1.16. The molecule has 0 aromatic carbocycles. The van der Waals surface area contributed by atoms with Gasteiger partial charge in [-0.2, -0.15) is 16.8 Å². The van der Waals surface area contributed by atoms with Crippen molar-refractivity contribution in [1.29, 1.82) is 0 Å². The maximum Gasteiger partial charge on any atom is 0.394 e. The molecule has 11 nitrogen and oxygen atoms in total. The van der Waals surface area contributed by atoms with E-state index >= 15 is 0 Å². The molecule has 0 saturated carbocycles. The Hall–Kier alpha value is -0.280. The minimum atomic E-state index is -4.84. The fourth-order valence-corrected chi connectivity index (χ4v) is 3.32. The van der Waals surface area contributed by atoms with Gasteiger partial charge in [-0.3, -0.25) is 23.2 Å². The molecular weight excluding hydrogens is 455 g/mol. The monoisotopic (exact) mass is 488 g/mol. The van der Waals surface area contributed by atoms with Crippen LogP contribution in [0.1, 0.15) is 77.6 Å². The zero-order chi connectivity index (χ0) is 24.2. The Morgan fingerprint density at radius 1 is 0.767 bits per heavy atom. The van der Waals surface area contributed by atoms with Crippen molar-refractivity contribution >= 4 is 60.4 Å². The average Bonchev–Trinajstić information content (AvgIpc) is 2.56. The molecule has 1 unspecified atom stereocenters. The van der Waals surface area contributed by atoms with Crippen molar-refractivity contribution < 1.29 is 50.3 Å². The SMILES string of the molecule is CCCCCCCCCCC[CH2][Na].O=C(O)CC(C(=O)O)S(=O)(=O)O.O=S(=O)(O)O. The van der Waals surface area contributed by atoms with Crippen LogP contribution < -0.4 is 0 Å². The maximum atomic E-state index is 10.2. The van der Waals surface area contributed by atoms with Gasteiger partial charge in [0, 0.05) is 0 Å². The van der Waals surface area contributed by atoms with Crippen LogP contribution in [-0.2, 0) is 30.1 Å². The first-order chi connectivity index (χ1) is 13.7. The smallest absolute Gasteiger partial charge is 0.394 e. The topological polar surface area (TPSA) is 204 Å². The quantitative estimate of drug-likeness (QED) is 0.136. The summed E-state index contributed by atoms with van der Waals surface area (Å²) in [5, 5.41) is 13.9. The molecule has 0 bridgehead atoms. The summed E-state index contributed by atoms with van der Waals surface area (Å²) in [6.07, 6.45) is 13.6. The van der Waals surface area contributed by atoms with Gasteiger partial charge in [0.15, 0.2) is 5.25 Å². The number of hydrogen-bond donors (Lipinski definition) is 5. The second kappa shape index (κ2) is 20.6. The van der Waals surface area contributed by atoms with E-state index in [-0.39, 0.29) is 0 Å². The molecule has 0 aromatic heterocycles. The van der Waals surface area contributed by atoms with Gasteiger partial charge in [0.1, 0.15) is 0 Å². The Balaban J connectivity index is -0.000000399. The molecule has 0 aromatic rings. The van der Waals surface area contributed by atoms with Gasteiger partial charge in [-0.25, -0.2) is 0 Å². The van der Waals surface area contributed by atoms with Gasteiger partial charge >= 0.3 is 125 Å². The van der Waals surface area contributed by atoms with Crippen LogP contribution in [-0.4, -0.2) is 85.8 Å². The first-order valence-electron chi connectivity index (χ1n) is 9.77. The first-order valence-corrected chi connectivity index (χ1v) is 14.1. The van der Waals surface area contributed by atoms with E-state index in [4.69, 9.17) is 32.3 Å². The van der Waals surface area contributed by atoms with Crippen LogP contribution in [0.5, 0.6) is 0 Å². The molecule has 0 aliphatic rings. The Kier molecular flexibility index (Phi) is 23.6. The third-order valence-electron chi connectivity index (χ3n) is 3.70. The Morgan fingerprint density at radius 2 is 1.10 bits per heavy atom. The fourth-order valence-electron chi connectivity index (χ4n) is 2.22. The second-order valence-electron chi connectivity index (χ2n) is 6.57. The summed E-state index contributed by atoms with van der Waals surface area (Å²) in [5.74, 6) is -3.50. The molecule has 1 atom stereocenters. The van der Waals surface area contributed by atoms with Gasteiger partial charge in [-0.1, -0.05) is 0 Å². The molecule has 0 radical (unpaired) electrons. The van der Waals surface area contributed by atoms with Crippen molar-refractivity contribution in [2.75, 3.05) is 0 Å². The molecule has 0 amide bonds. The number of rotatable bonds is 14. The summed E-state index contributed by atoms with van der Waals surface area (Å²) in [6.45, 7) is 2.29. The predicted octanol–water partition coefficient (Wildman–Crippen LogP) is 2.64. The third kappa shape index (κ3) is 35.2. The van der Waals surface area contributed by atoms with E-state index in [0.717, 1.165) is 0 Å². The molecule has 30 heavy (non-hydrogen) atoms. The van der Waals surface area contributed by atoms with Crippen LogP contribution in [0.2, 0.25) is 3.67 Å². The molecule has 0 heterocycles. The van der Waals surface area contributed by atoms with Gasteiger partial charge in [0.25, 0.3) is 10.1 Å². The van der Waals surface area contributed by atoms with Crippen molar-refractivity contribution in [3.8, 4) is 0 Å². The summed E-state index contributed by atoms with van der Waals surface area (Å²) in [4.78, 5) is 20.0. The molecule has 0 fully saturated rings. The first kappa shape index (κ1) is 34.3. The predicted molar refractivity (Wildman–Crippen MR) is 112 cm³/mol. The molecule has 0 aliphatic heterocycles. The average molecular weight is 489 g/mol. The van der Waals surface area contributed by atoms with E-state index in [1.165, 1.54) is 95.8 Å². The standard InChI is InChI=1S/C12H25.C4H6O7S.Na.H2O4S/c1-3-5-7-9-11-12-10-8-6-4-2;5-3(6)1-2(4(7)8)12(9,10)11;;1-5(2,3)4/h1,3-12H2,2H3;2H,1H2,(H,5,6)(H,7,8)(H,9,10,11);;(H2,1,2,3,4). The van der Waals surface area contributed by atoms with Crippen LogP contribution >= 0.6 is 0 Å². The second-order valence-corrected chi connectivity index (χ2v) is 10.1. The molecule has 0 aliphatic carbocycles. The van der Waals surface area contributed by atoms with Gasteiger partial charge in [0.2, 0.25) is 0 Å². The minimum Gasteiger partial charge on any atom is -0.481 e. The normalized spacial score (nSPS) is 12.1. The number of hydrogen-bond acceptors (Lipinski definition) is 6. The van der Waals surface area contributed by atoms with Crippen LogP contribution in [0, 0.1) is 0 Å². The van der Waals surface area contributed by atoms with Crippen LogP contribution in [0.15, 0.2) is 0 Å². The largest absolute Gasteiger partial charge is 0.481 e. The molecule has 176 valence electrons. The Morgan fingerprint density at radius 3 is 1.30 bits per heavy atom. The molecule has 0 saturated heterocycles. The van der Waals surface area contributed by atoms with E-state index in [2.05, 4.69) is 6.92 Å². The zero-order valence-corrected chi connectivity index (χ0v) is 21.2. The summed E-state index contributed by atoms with van der Waals surface area (Å²) in [5.41, 5.74) is 0. The number of carbonyl (C=O) groups is 2. The van der Waals surface area contributed by atoms with Crippen LogP contribution in [0.3, 0.4) is 0 Å². The van der Waals surface area contributed by atoms with E-state index in [1.807, 2.05) is 0 Å². The van der Waals surface area contributed by atoms with Crippen molar-refractivity contribution in [2.45, 2.75) is 86.5 Å². The van der Waals surface area contributed by atoms with Gasteiger partial charge in [-0.15, -0.1) is 0 Å². The Labute approximate surface area is 196 Å². The summed E-state index contributed by atoms with van der Waals surface area (Å²) in [7, 11) is -9.51. The van der Waals surface area contributed by atoms with Gasteiger partial charge < -0.3 is 10.2 Å². The maximum absolute atomic E-state index is 10.2. The zero-order valence-electron chi connectivity index (χ0n) is 17.6. The number of aliphatic carboxylic acids is 2. The fraction of sp³-hybridized carbons (Fsp3) is 0.875. The number of carboxylic acids is 2. The molecular formula is C16H33NaO11S2. The van der Waals surface area contributed by atoms with E-state index in [0.29, 0.717) is 0 Å². The number of carboxylic acid groups (broad SMARTS) is 2. The molecule has 0 spiro atoms. The van der Waals surface area contributed by atoms with Crippen molar-refractivity contribution in [2.24, 2.45) is 0 Å². The van der Waals surface area contributed by atoms with Crippen LogP contribution in [0.25, 0.3) is 0 Å².